The summed E-state index contributed by atoms with van der Waals surface area (Å²) in [5, 5.41) is 0. The van der Waals surface area contributed by atoms with E-state index >= 15 is 0 Å². The average Bonchev–Trinajstić information content (AvgIpc) is 1.81. The second-order valence-corrected chi connectivity index (χ2v) is 4.60. The van der Waals surface area contributed by atoms with Crippen LogP contribution in [0.25, 0.3) is 0 Å². The summed E-state index contributed by atoms with van der Waals surface area (Å²) in [7, 11) is -3.63. The first-order valence-electron chi connectivity index (χ1n) is 3.73. The molecule has 0 aromatic carbocycles. The molecule has 5 nitrogen and oxygen atoms in total. The third-order valence-electron chi connectivity index (χ3n) is 1.07. The fraction of sp³-hybridized carbons (Fsp3) is 0.714. The highest BCUT2D eigenvalue weighted by Gasteiger charge is 2.19. The summed E-state index contributed by atoms with van der Waals surface area (Å²) in [6.07, 6.45) is 0. The second-order valence-electron chi connectivity index (χ2n) is 2.54. The van der Waals surface area contributed by atoms with Gasteiger partial charge in [0.15, 0.2) is 9.84 Å². The number of sulfone groups is 1. The van der Waals surface area contributed by atoms with Gasteiger partial charge in [-0.2, -0.15) is 0 Å². The van der Waals surface area contributed by atoms with E-state index in [9.17, 15) is 18.0 Å². The summed E-state index contributed by atoms with van der Waals surface area (Å²) < 4.78 is 26.4. The molecule has 0 rings (SSSR count). The fourth-order valence-corrected chi connectivity index (χ4v) is 1.91. The van der Waals surface area contributed by atoms with Gasteiger partial charge in [-0.05, 0) is 13.8 Å². The molecular weight excluding hydrogens is 196 g/mol. The molecule has 0 saturated carbocycles. The minimum absolute atomic E-state index is 0.133. The summed E-state index contributed by atoms with van der Waals surface area (Å²) in [6.45, 7) is 2.87. The van der Waals surface area contributed by atoms with Crippen molar-refractivity contribution in [2.75, 3.05) is 18.1 Å². The van der Waals surface area contributed by atoms with E-state index in [1.54, 1.807) is 6.92 Å². The van der Waals surface area contributed by atoms with Gasteiger partial charge in [0.1, 0.15) is 17.3 Å². The van der Waals surface area contributed by atoms with Gasteiger partial charge >= 0.3 is 5.97 Å². The van der Waals surface area contributed by atoms with Crippen LogP contribution in [0, 0.1) is 0 Å². The van der Waals surface area contributed by atoms with Crippen LogP contribution in [0.3, 0.4) is 0 Å². The zero-order valence-corrected chi connectivity index (χ0v) is 8.39. The van der Waals surface area contributed by atoms with Crippen molar-refractivity contribution in [1.29, 1.82) is 0 Å². The summed E-state index contributed by atoms with van der Waals surface area (Å²) in [5.41, 5.74) is 0. The zero-order valence-electron chi connectivity index (χ0n) is 7.57. The van der Waals surface area contributed by atoms with E-state index < -0.39 is 33.1 Å². The normalized spacial score (nSPS) is 10.9. The van der Waals surface area contributed by atoms with Crippen LogP contribution in [0.1, 0.15) is 13.8 Å². The van der Waals surface area contributed by atoms with Crippen molar-refractivity contribution in [3.05, 3.63) is 0 Å². The molecule has 13 heavy (non-hydrogen) atoms. The summed E-state index contributed by atoms with van der Waals surface area (Å²) in [5.74, 6) is -2.63. The smallest absolute Gasteiger partial charge is 0.321 e. The first-order valence-corrected chi connectivity index (χ1v) is 5.55. The molecular formula is C7H12O5S. The first kappa shape index (κ1) is 12.1. The van der Waals surface area contributed by atoms with Gasteiger partial charge in [-0.25, -0.2) is 8.42 Å². The number of carbonyl (C=O) groups excluding carboxylic acids is 2. The van der Waals surface area contributed by atoms with Crippen molar-refractivity contribution in [1.82, 2.24) is 0 Å². The highest BCUT2D eigenvalue weighted by atomic mass is 32.2. The SMILES string of the molecule is CCOC(=O)CS(=O)(=O)CC(C)=O. The molecule has 6 heteroatoms. The van der Waals surface area contributed by atoms with Crippen molar-refractivity contribution in [3.63, 3.8) is 0 Å². The van der Waals surface area contributed by atoms with E-state index in [0.29, 0.717) is 0 Å². The van der Waals surface area contributed by atoms with Crippen molar-refractivity contribution < 1.29 is 22.7 Å². The Kier molecular flexibility index (Phi) is 4.61. The fourth-order valence-electron chi connectivity index (χ4n) is 0.743. The van der Waals surface area contributed by atoms with Crippen molar-refractivity contribution >= 4 is 21.6 Å². The largest absolute Gasteiger partial charge is 0.465 e. The quantitative estimate of drug-likeness (QED) is 0.572. The summed E-state index contributed by atoms with van der Waals surface area (Å²) in [4.78, 5) is 21.2. The van der Waals surface area contributed by atoms with Crippen molar-refractivity contribution in [2.45, 2.75) is 13.8 Å². The van der Waals surface area contributed by atoms with Gasteiger partial charge in [0, 0.05) is 0 Å². The molecule has 0 atom stereocenters. The Bertz CT molecular complexity index is 290. The molecule has 0 saturated heterocycles. The van der Waals surface area contributed by atoms with Gasteiger partial charge in [-0.15, -0.1) is 0 Å². The Labute approximate surface area is 77.0 Å². The maximum atomic E-state index is 11.0. The van der Waals surface area contributed by atoms with Gasteiger partial charge in [-0.3, -0.25) is 9.59 Å². The maximum Gasteiger partial charge on any atom is 0.321 e. The zero-order chi connectivity index (χ0) is 10.5. The van der Waals surface area contributed by atoms with Crippen LogP contribution in [0.2, 0.25) is 0 Å². The average molecular weight is 208 g/mol. The van der Waals surface area contributed by atoms with Gasteiger partial charge in [0.05, 0.1) is 6.61 Å². The minimum Gasteiger partial charge on any atom is -0.465 e. The molecule has 76 valence electrons. The van der Waals surface area contributed by atoms with E-state index in [4.69, 9.17) is 0 Å². The lowest BCUT2D eigenvalue weighted by Crippen LogP contribution is -2.23. The molecule has 0 unspecified atom stereocenters. The number of rotatable bonds is 5. The first-order chi connectivity index (χ1) is 5.87. The molecule has 0 amide bonds. The van der Waals surface area contributed by atoms with Gasteiger partial charge in [-0.1, -0.05) is 0 Å². The number of ketones is 1. The molecule has 0 aliphatic rings. The number of hydrogen-bond acceptors (Lipinski definition) is 5. The van der Waals surface area contributed by atoms with Crippen molar-refractivity contribution in [3.8, 4) is 0 Å². The van der Waals surface area contributed by atoms with Gasteiger partial charge in [0.25, 0.3) is 0 Å². The van der Waals surface area contributed by atoms with E-state index in [-0.39, 0.29) is 6.61 Å². The molecule has 0 heterocycles. The Balaban J connectivity index is 4.18. The lowest BCUT2D eigenvalue weighted by Gasteiger charge is -2.01. The minimum atomic E-state index is -3.63. The summed E-state index contributed by atoms with van der Waals surface area (Å²) in [6, 6.07) is 0. The van der Waals surface area contributed by atoms with Crippen molar-refractivity contribution in [2.24, 2.45) is 0 Å². The molecule has 0 radical (unpaired) electrons. The number of Topliss-reactive ketones (excluding diaryl/α,β-unsaturated/α-hetero) is 1. The van der Waals surface area contributed by atoms with Crippen LogP contribution in [0.5, 0.6) is 0 Å². The Morgan fingerprint density at radius 2 is 1.77 bits per heavy atom. The Morgan fingerprint density at radius 3 is 2.15 bits per heavy atom. The van der Waals surface area contributed by atoms with E-state index in [1.165, 1.54) is 0 Å². The lowest BCUT2D eigenvalue weighted by molar-refractivity contribution is -0.139. The van der Waals surface area contributed by atoms with Crippen LogP contribution in [0.15, 0.2) is 0 Å². The summed E-state index contributed by atoms with van der Waals surface area (Å²) >= 11 is 0. The Hall–Kier alpha value is -0.910. The molecule has 0 aliphatic heterocycles. The molecule has 0 aromatic heterocycles. The van der Waals surface area contributed by atoms with Crippen LogP contribution in [0.4, 0.5) is 0 Å². The van der Waals surface area contributed by atoms with Crippen LogP contribution >= 0.6 is 0 Å². The molecule has 0 aromatic rings. The number of carbonyl (C=O) groups is 2. The number of esters is 1. The number of ether oxygens (including phenoxy) is 1. The maximum absolute atomic E-state index is 11.0. The van der Waals surface area contributed by atoms with E-state index in [0.717, 1.165) is 6.92 Å². The van der Waals surface area contributed by atoms with Gasteiger partial charge in [0.2, 0.25) is 0 Å². The molecule has 0 aliphatic carbocycles. The predicted octanol–water partition coefficient (Wildman–Crippen LogP) is -0.447. The van der Waals surface area contributed by atoms with Crippen LogP contribution in [-0.4, -0.2) is 38.3 Å². The third-order valence-corrected chi connectivity index (χ3v) is 2.59. The van der Waals surface area contributed by atoms with Crippen LogP contribution in [-0.2, 0) is 24.2 Å². The highest BCUT2D eigenvalue weighted by molar-refractivity contribution is 7.92. The third kappa shape index (κ3) is 6.27. The van der Waals surface area contributed by atoms with Crippen LogP contribution < -0.4 is 0 Å². The second kappa shape index (κ2) is 4.96. The van der Waals surface area contributed by atoms with E-state index in [2.05, 4.69) is 4.74 Å². The monoisotopic (exact) mass is 208 g/mol. The topological polar surface area (TPSA) is 77.5 Å². The highest BCUT2D eigenvalue weighted by Crippen LogP contribution is 1.93. The number of hydrogen-bond donors (Lipinski definition) is 0. The standard InChI is InChI=1S/C7H12O5S/c1-3-12-7(9)5-13(10,11)4-6(2)8/h3-5H2,1-2H3. The molecule has 0 bridgehead atoms. The molecule has 0 fully saturated rings. The predicted molar refractivity (Wildman–Crippen MR) is 46.0 cm³/mol. The Morgan fingerprint density at radius 1 is 1.23 bits per heavy atom. The molecule has 0 N–H and O–H groups in total. The van der Waals surface area contributed by atoms with E-state index in [1.807, 2.05) is 0 Å². The lowest BCUT2D eigenvalue weighted by atomic mass is 10.5. The van der Waals surface area contributed by atoms with Gasteiger partial charge < -0.3 is 4.74 Å². The molecule has 0 spiro atoms.